The van der Waals surface area contributed by atoms with Gasteiger partial charge in [0.25, 0.3) is 5.91 Å². The van der Waals surface area contributed by atoms with E-state index in [1.165, 1.54) is 7.05 Å². The first kappa shape index (κ1) is 25.5. The summed E-state index contributed by atoms with van der Waals surface area (Å²) in [4.78, 5) is 18.7. The second kappa shape index (κ2) is 9.46. The second-order valence-electron chi connectivity index (χ2n) is 8.11. The van der Waals surface area contributed by atoms with Crippen LogP contribution in [0.25, 0.3) is 21.9 Å². The van der Waals surface area contributed by atoms with Crippen molar-refractivity contribution in [3.8, 4) is 11.1 Å². The molecule has 3 nitrogen and oxygen atoms in total. The van der Waals surface area contributed by atoms with Gasteiger partial charge in [-0.15, -0.1) is 0 Å². The molecule has 3 aromatic carbocycles. The number of benzene rings is 3. The number of aromatic nitrogens is 1. The first-order valence-corrected chi connectivity index (χ1v) is 10.9. The molecular weight excluding hydrogens is 506 g/mol. The summed E-state index contributed by atoms with van der Waals surface area (Å²) in [6.07, 6.45) is -9.99. The maximum absolute atomic E-state index is 13.5. The van der Waals surface area contributed by atoms with E-state index >= 15 is 0 Å². The SMILES string of the molecule is CN(Cc1cc(C(F)(F)F)cc(C(F)(F)F)c1)C(=O)c1nc(Cl)c2ccccc2c1-c1ccccc1. The van der Waals surface area contributed by atoms with Gasteiger partial charge in [0.15, 0.2) is 0 Å². The highest BCUT2D eigenvalue weighted by molar-refractivity contribution is 6.35. The minimum atomic E-state index is -4.99. The maximum atomic E-state index is 13.5. The molecule has 0 saturated carbocycles. The molecule has 0 fully saturated rings. The van der Waals surface area contributed by atoms with E-state index in [-0.39, 0.29) is 22.5 Å². The Balaban J connectivity index is 1.80. The molecule has 0 N–H and O–H groups in total. The summed E-state index contributed by atoms with van der Waals surface area (Å²) in [6.45, 7) is -0.522. The van der Waals surface area contributed by atoms with E-state index in [9.17, 15) is 31.1 Å². The first-order valence-electron chi connectivity index (χ1n) is 10.5. The molecule has 4 rings (SSSR count). The molecule has 0 aliphatic rings. The average molecular weight is 523 g/mol. The molecule has 1 heterocycles. The van der Waals surface area contributed by atoms with E-state index in [4.69, 9.17) is 11.6 Å². The van der Waals surface area contributed by atoms with E-state index in [2.05, 4.69) is 4.98 Å². The molecule has 0 bridgehead atoms. The van der Waals surface area contributed by atoms with Crippen LogP contribution in [-0.4, -0.2) is 22.8 Å². The molecule has 0 aliphatic heterocycles. The number of carbonyl (C=O) groups excluding carboxylic acids is 1. The fourth-order valence-corrected chi connectivity index (χ4v) is 4.16. The number of nitrogens with zero attached hydrogens (tertiary/aromatic N) is 2. The summed E-state index contributed by atoms with van der Waals surface area (Å²) < 4.78 is 79.5. The molecule has 0 spiro atoms. The summed E-state index contributed by atoms with van der Waals surface area (Å²) in [7, 11) is 1.27. The number of carbonyl (C=O) groups is 1. The van der Waals surface area contributed by atoms with E-state index in [0.29, 0.717) is 34.0 Å². The first-order chi connectivity index (χ1) is 16.9. The molecule has 186 valence electrons. The highest BCUT2D eigenvalue weighted by Crippen LogP contribution is 2.38. The third-order valence-electron chi connectivity index (χ3n) is 5.54. The third kappa shape index (κ3) is 5.16. The zero-order chi connectivity index (χ0) is 26.3. The smallest absolute Gasteiger partial charge is 0.336 e. The highest BCUT2D eigenvalue weighted by Gasteiger charge is 2.37. The van der Waals surface area contributed by atoms with Crippen molar-refractivity contribution in [1.29, 1.82) is 0 Å². The number of pyridine rings is 1. The van der Waals surface area contributed by atoms with Gasteiger partial charge in [-0.3, -0.25) is 4.79 Å². The maximum Gasteiger partial charge on any atom is 0.416 e. The van der Waals surface area contributed by atoms with E-state index < -0.39 is 35.9 Å². The van der Waals surface area contributed by atoms with Crippen LogP contribution in [0.1, 0.15) is 27.2 Å². The Hall–Kier alpha value is -3.59. The Morgan fingerprint density at radius 3 is 1.92 bits per heavy atom. The number of hydrogen-bond acceptors (Lipinski definition) is 2. The van der Waals surface area contributed by atoms with Gasteiger partial charge in [0.1, 0.15) is 10.8 Å². The second-order valence-corrected chi connectivity index (χ2v) is 8.47. The van der Waals surface area contributed by atoms with Crippen molar-refractivity contribution in [1.82, 2.24) is 9.88 Å². The predicted octanol–water partition coefficient (Wildman–Crippen LogP) is 7.87. The fourth-order valence-electron chi connectivity index (χ4n) is 3.91. The summed E-state index contributed by atoms with van der Waals surface area (Å²) in [5, 5.41) is 1.25. The Labute approximate surface area is 206 Å². The van der Waals surface area contributed by atoms with E-state index in [0.717, 1.165) is 4.90 Å². The molecule has 0 saturated heterocycles. The molecular formula is C26H17ClF6N2O. The lowest BCUT2D eigenvalue weighted by atomic mass is 9.96. The summed E-state index contributed by atoms with van der Waals surface area (Å²) >= 11 is 6.34. The van der Waals surface area contributed by atoms with Crippen molar-refractivity contribution >= 4 is 28.3 Å². The molecule has 0 radical (unpaired) electrons. The predicted molar refractivity (Wildman–Crippen MR) is 124 cm³/mol. The van der Waals surface area contributed by atoms with Gasteiger partial charge in [-0.25, -0.2) is 4.98 Å². The number of rotatable bonds is 4. The third-order valence-corrected chi connectivity index (χ3v) is 5.83. The van der Waals surface area contributed by atoms with Crippen LogP contribution in [0.4, 0.5) is 26.3 Å². The Bertz CT molecular complexity index is 1400. The van der Waals surface area contributed by atoms with Gasteiger partial charge in [-0.05, 0) is 34.7 Å². The van der Waals surface area contributed by atoms with Crippen molar-refractivity contribution in [2.24, 2.45) is 0 Å². The molecule has 0 atom stereocenters. The number of hydrogen-bond donors (Lipinski definition) is 0. The number of alkyl halides is 6. The Morgan fingerprint density at radius 1 is 0.833 bits per heavy atom. The van der Waals surface area contributed by atoms with Gasteiger partial charge in [0, 0.05) is 24.5 Å². The number of halogens is 7. The zero-order valence-corrected chi connectivity index (χ0v) is 19.3. The summed E-state index contributed by atoms with van der Waals surface area (Å²) in [5.41, 5.74) is -2.22. The van der Waals surface area contributed by atoms with Gasteiger partial charge in [-0.2, -0.15) is 26.3 Å². The van der Waals surface area contributed by atoms with Crippen molar-refractivity contribution < 1.29 is 31.1 Å². The van der Waals surface area contributed by atoms with Gasteiger partial charge < -0.3 is 4.90 Å². The van der Waals surface area contributed by atoms with Crippen molar-refractivity contribution in [3.05, 3.63) is 100 Å². The lowest BCUT2D eigenvalue weighted by Gasteiger charge is -2.21. The lowest BCUT2D eigenvalue weighted by molar-refractivity contribution is -0.143. The molecule has 0 unspecified atom stereocenters. The van der Waals surface area contributed by atoms with Crippen LogP contribution in [0.3, 0.4) is 0 Å². The number of fused-ring (bicyclic) bond motifs is 1. The van der Waals surface area contributed by atoms with Gasteiger partial charge >= 0.3 is 12.4 Å². The molecule has 36 heavy (non-hydrogen) atoms. The normalized spacial score (nSPS) is 12.1. The quantitative estimate of drug-likeness (QED) is 0.202. The van der Waals surface area contributed by atoms with Crippen LogP contribution in [0.2, 0.25) is 5.15 Å². The van der Waals surface area contributed by atoms with Gasteiger partial charge in [-0.1, -0.05) is 66.2 Å². The van der Waals surface area contributed by atoms with Crippen molar-refractivity contribution in [3.63, 3.8) is 0 Å². The molecule has 0 aliphatic carbocycles. The van der Waals surface area contributed by atoms with E-state index in [1.54, 1.807) is 54.6 Å². The zero-order valence-electron chi connectivity index (χ0n) is 18.6. The van der Waals surface area contributed by atoms with Gasteiger partial charge in [0.05, 0.1) is 11.1 Å². The monoisotopic (exact) mass is 522 g/mol. The average Bonchev–Trinajstić information content (AvgIpc) is 2.82. The fraction of sp³-hybridized carbons (Fsp3) is 0.154. The van der Waals surface area contributed by atoms with Gasteiger partial charge in [0.2, 0.25) is 0 Å². The lowest BCUT2D eigenvalue weighted by Crippen LogP contribution is -2.28. The standard InChI is InChI=1S/C26H17ClF6N2O/c1-35(14-15-11-17(25(28,29)30)13-18(12-15)26(31,32)33)24(36)22-21(16-7-3-2-4-8-16)19-9-5-6-10-20(19)23(27)34-22/h2-13H,14H2,1H3. The summed E-state index contributed by atoms with van der Waals surface area (Å²) in [6, 6.07) is 17.1. The molecule has 1 amide bonds. The molecule has 1 aromatic heterocycles. The topological polar surface area (TPSA) is 33.2 Å². The molecule has 10 heteroatoms. The minimum Gasteiger partial charge on any atom is -0.336 e. The van der Waals surface area contributed by atoms with Crippen molar-refractivity contribution in [2.45, 2.75) is 18.9 Å². The Morgan fingerprint density at radius 2 is 1.36 bits per heavy atom. The largest absolute Gasteiger partial charge is 0.416 e. The van der Waals surface area contributed by atoms with E-state index in [1.807, 2.05) is 0 Å². The molecule has 4 aromatic rings. The summed E-state index contributed by atoms with van der Waals surface area (Å²) in [5.74, 6) is -0.715. The number of amides is 1. The van der Waals surface area contributed by atoms with Crippen molar-refractivity contribution in [2.75, 3.05) is 7.05 Å². The van der Waals surface area contributed by atoms with Crippen LogP contribution in [0, 0.1) is 0 Å². The van der Waals surface area contributed by atoms with Crippen LogP contribution in [0.15, 0.2) is 72.8 Å². The minimum absolute atomic E-state index is 0.0421. The highest BCUT2D eigenvalue weighted by atomic mass is 35.5. The van der Waals surface area contributed by atoms with Crippen LogP contribution >= 0.6 is 11.6 Å². The Kier molecular flexibility index (Phi) is 6.70. The van der Waals surface area contributed by atoms with Crippen LogP contribution in [-0.2, 0) is 18.9 Å². The van der Waals surface area contributed by atoms with Crippen LogP contribution < -0.4 is 0 Å². The van der Waals surface area contributed by atoms with Crippen LogP contribution in [0.5, 0.6) is 0 Å².